The summed E-state index contributed by atoms with van der Waals surface area (Å²) in [6.45, 7) is 3.63. The average molecular weight is 351 g/mol. The van der Waals surface area contributed by atoms with Crippen LogP contribution in [-0.2, 0) is 10.0 Å². The van der Waals surface area contributed by atoms with E-state index in [4.69, 9.17) is 9.47 Å². The molecule has 22 heavy (non-hydrogen) atoms. The van der Waals surface area contributed by atoms with Gasteiger partial charge in [-0.25, -0.2) is 13.1 Å². The second-order valence-electron chi connectivity index (χ2n) is 5.21. The molecular weight excluding hydrogens is 328 g/mol. The Balaban J connectivity index is 0.00000242. The zero-order valence-electron chi connectivity index (χ0n) is 13.0. The summed E-state index contributed by atoms with van der Waals surface area (Å²) in [6.07, 6.45) is 0.957. The highest BCUT2D eigenvalue weighted by Gasteiger charge is 2.27. The molecular formula is C14H23ClN2O4S. The van der Waals surface area contributed by atoms with Crippen molar-refractivity contribution in [2.24, 2.45) is 5.92 Å². The quantitative estimate of drug-likeness (QED) is 0.839. The third kappa shape index (κ3) is 4.25. The molecule has 0 spiro atoms. The van der Waals surface area contributed by atoms with E-state index in [9.17, 15) is 8.42 Å². The van der Waals surface area contributed by atoms with E-state index in [-0.39, 0.29) is 23.3 Å². The van der Waals surface area contributed by atoms with Gasteiger partial charge in [-0.1, -0.05) is 6.92 Å². The molecule has 0 bridgehead atoms. The van der Waals surface area contributed by atoms with Gasteiger partial charge in [-0.3, -0.25) is 0 Å². The molecule has 0 amide bonds. The lowest BCUT2D eigenvalue weighted by Gasteiger charge is -2.30. The Morgan fingerprint density at radius 1 is 1.23 bits per heavy atom. The van der Waals surface area contributed by atoms with E-state index in [0.29, 0.717) is 24.0 Å². The van der Waals surface area contributed by atoms with E-state index >= 15 is 0 Å². The lowest BCUT2D eigenvalue weighted by Crippen LogP contribution is -2.50. The predicted molar refractivity (Wildman–Crippen MR) is 87.6 cm³/mol. The third-order valence-corrected chi connectivity index (χ3v) is 5.29. The van der Waals surface area contributed by atoms with Gasteiger partial charge >= 0.3 is 0 Å². The SMILES string of the molecule is COc1ccc(S(=O)(=O)NC2CNCCC2C)cc1OC.Cl. The summed E-state index contributed by atoms with van der Waals surface area (Å²) in [6, 6.07) is 4.49. The van der Waals surface area contributed by atoms with Gasteiger partial charge in [0.1, 0.15) is 0 Å². The minimum Gasteiger partial charge on any atom is -0.493 e. The number of rotatable bonds is 5. The highest BCUT2D eigenvalue weighted by molar-refractivity contribution is 7.89. The van der Waals surface area contributed by atoms with Crippen molar-refractivity contribution in [3.8, 4) is 11.5 Å². The van der Waals surface area contributed by atoms with Gasteiger partial charge in [-0.15, -0.1) is 12.4 Å². The van der Waals surface area contributed by atoms with E-state index in [1.807, 2.05) is 0 Å². The van der Waals surface area contributed by atoms with Crippen LogP contribution < -0.4 is 19.5 Å². The molecule has 1 heterocycles. The molecule has 0 aliphatic carbocycles. The number of hydrogen-bond donors (Lipinski definition) is 2. The van der Waals surface area contributed by atoms with Gasteiger partial charge in [0.2, 0.25) is 10.0 Å². The fourth-order valence-corrected chi connectivity index (χ4v) is 3.76. The minimum atomic E-state index is -3.58. The van der Waals surface area contributed by atoms with Crippen LogP contribution in [0.15, 0.2) is 23.1 Å². The molecule has 1 aromatic carbocycles. The molecule has 0 radical (unpaired) electrons. The summed E-state index contributed by atoms with van der Waals surface area (Å²) in [5, 5.41) is 3.21. The molecule has 0 saturated carbocycles. The van der Waals surface area contributed by atoms with Crippen LogP contribution in [0, 0.1) is 5.92 Å². The van der Waals surface area contributed by atoms with Crippen LogP contribution >= 0.6 is 12.4 Å². The van der Waals surface area contributed by atoms with Crippen LogP contribution in [0.3, 0.4) is 0 Å². The fraction of sp³-hybridized carbons (Fsp3) is 0.571. The third-order valence-electron chi connectivity index (χ3n) is 3.80. The Morgan fingerprint density at radius 2 is 1.91 bits per heavy atom. The van der Waals surface area contributed by atoms with Crippen molar-refractivity contribution < 1.29 is 17.9 Å². The van der Waals surface area contributed by atoms with Gasteiger partial charge in [0.05, 0.1) is 19.1 Å². The van der Waals surface area contributed by atoms with E-state index in [1.165, 1.54) is 26.4 Å². The Hall–Kier alpha value is -1.02. The monoisotopic (exact) mass is 350 g/mol. The maximum Gasteiger partial charge on any atom is 0.241 e. The van der Waals surface area contributed by atoms with Crippen LogP contribution in [0.4, 0.5) is 0 Å². The molecule has 2 atom stereocenters. The topological polar surface area (TPSA) is 76.7 Å². The molecule has 8 heteroatoms. The second kappa shape index (κ2) is 8.01. The smallest absolute Gasteiger partial charge is 0.241 e. The van der Waals surface area contributed by atoms with Crippen LogP contribution in [0.2, 0.25) is 0 Å². The van der Waals surface area contributed by atoms with Crippen molar-refractivity contribution in [1.82, 2.24) is 10.0 Å². The number of benzene rings is 1. The van der Waals surface area contributed by atoms with Crippen LogP contribution in [-0.4, -0.2) is 41.8 Å². The minimum absolute atomic E-state index is 0. The molecule has 2 N–H and O–H groups in total. The summed E-state index contributed by atoms with van der Waals surface area (Å²) >= 11 is 0. The summed E-state index contributed by atoms with van der Waals surface area (Å²) in [4.78, 5) is 0.179. The molecule has 1 aliphatic rings. The van der Waals surface area contributed by atoms with Gasteiger partial charge in [0.15, 0.2) is 11.5 Å². The van der Waals surface area contributed by atoms with E-state index in [0.717, 1.165) is 13.0 Å². The zero-order chi connectivity index (χ0) is 15.5. The molecule has 1 aromatic rings. The summed E-state index contributed by atoms with van der Waals surface area (Å²) in [5.74, 6) is 1.21. The second-order valence-corrected chi connectivity index (χ2v) is 6.93. The Labute approximate surface area is 138 Å². The van der Waals surface area contributed by atoms with Crippen LogP contribution in [0.25, 0.3) is 0 Å². The number of piperidine rings is 1. The molecule has 1 aliphatic heterocycles. The summed E-state index contributed by atoms with van der Waals surface area (Å²) < 4.78 is 38.0. The number of hydrogen-bond acceptors (Lipinski definition) is 5. The fourth-order valence-electron chi connectivity index (χ4n) is 2.40. The van der Waals surface area contributed by atoms with Crippen molar-refractivity contribution in [3.05, 3.63) is 18.2 Å². The Morgan fingerprint density at radius 3 is 2.50 bits per heavy atom. The highest BCUT2D eigenvalue weighted by atomic mass is 35.5. The standard InChI is InChI=1S/C14H22N2O4S.ClH/c1-10-6-7-15-9-12(10)16-21(17,18)11-4-5-13(19-2)14(8-11)20-3;/h4-5,8,10,12,15-16H,6-7,9H2,1-3H3;1H. The molecule has 126 valence electrons. The van der Waals surface area contributed by atoms with E-state index in [1.54, 1.807) is 6.07 Å². The Bertz CT molecular complexity index is 595. The number of ether oxygens (including phenoxy) is 2. The molecule has 1 saturated heterocycles. The highest BCUT2D eigenvalue weighted by Crippen LogP contribution is 2.29. The maximum absolute atomic E-state index is 12.5. The predicted octanol–water partition coefficient (Wildman–Crippen LogP) is 1.40. The van der Waals surface area contributed by atoms with Crippen molar-refractivity contribution in [1.29, 1.82) is 0 Å². The van der Waals surface area contributed by atoms with Crippen molar-refractivity contribution in [2.45, 2.75) is 24.3 Å². The molecule has 0 aromatic heterocycles. The lowest BCUT2D eigenvalue weighted by atomic mass is 9.96. The molecule has 6 nitrogen and oxygen atoms in total. The number of nitrogens with one attached hydrogen (secondary N) is 2. The maximum atomic E-state index is 12.5. The van der Waals surface area contributed by atoms with Gasteiger partial charge in [-0.2, -0.15) is 0 Å². The van der Waals surface area contributed by atoms with Crippen LogP contribution in [0.5, 0.6) is 11.5 Å². The Kier molecular flexibility index (Phi) is 6.93. The summed E-state index contributed by atoms with van der Waals surface area (Å²) in [5.41, 5.74) is 0. The average Bonchev–Trinajstić information content (AvgIpc) is 2.48. The molecule has 2 unspecified atom stereocenters. The first-order chi connectivity index (χ1) is 9.97. The van der Waals surface area contributed by atoms with Gasteiger partial charge in [0.25, 0.3) is 0 Å². The van der Waals surface area contributed by atoms with Gasteiger partial charge in [-0.05, 0) is 31.0 Å². The first-order valence-corrected chi connectivity index (χ1v) is 8.41. The number of sulfonamides is 1. The largest absolute Gasteiger partial charge is 0.493 e. The summed E-state index contributed by atoms with van der Waals surface area (Å²) in [7, 11) is -0.581. The zero-order valence-corrected chi connectivity index (χ0v) is 14.6. The number of halogens is 1. The lowest BCUT2D eigenvalue weighted by molar-refractivity contribution is 0.327. The van der Waals surface area contributed by atoms with Gasteiger partial charge in [0, 0.05) is 18.7 Å². The number of methoxy groups -OCH3 is 2. The first-order valence-electron chi connectivity index (χ1n) is 6.93. The normalized spacial score (nSPS) is 21.8. The van der Waals surface area contributed by atoms with E-state index < -0.39 is 10.0 Å². The van der Waals surface area contributed by atoms with Crippen molar-refractivity contribution in [2.75, 3.05) is 27.3 Å². The first kappa shape index (κ1) is 19.0. The van der Waals surface area contributed by atoms with E-state index in [2.05, 4.69) is 17.0 Å². The molecule has 2 rings (SSSR count). The van der Waals surface area contributed by atoms with Crippen molar-refractivity contribution in [3.63, 3.8) is 0 Å². The molecule has 1 fully saturated rings. The van der Waals surface area contributed by atoms with Gasteiger partial charge < -0.3 is 14.8 Å². The van der Waals surface area contributed by atoms with Crippen molar-refractivity contribution >= 4 is 22.4 Å². The van der Waals surface area contributed by atoms with Crippen LogP contribution in [0.1, 0.15) is 13.3 Å².